The molecule has 28 heavy (non-hydrogen) atoms. The minimum Gasteiger partial charge on any atom is -0.459 e. The van der Waals surface area contributed by atoms with Crippen molar-refractivity contribution in [2.75, 3.05) is 0 Å². The molecule has 1 aliphatic heterocycles. The molecule has 0 bridgehead atoms. The monoisotopic (exact) mass is 395 g/mol. The Morgan fingerprint density at radius 2 is 1.64 bits per heavy atom. The predicted molar refractivity (Wildman–Crippen MR) is 112 cm³/mol. The zero-order valence-corrected chi connectivity index (χ0v) is 17.0. The smallest absolute Gasteiger partial charge is 0.329 e. The molecule has 0 N–H and O–H groups in total. The number of rotatable bonds is 7. The fraction of sp³-hybridized carbons (Fsp3) is 0.304. The van der Waals surface area contributed by atoms with Crippen LogP contribution < -0.4 is 0 Å². The number of hydrogen-bond acceptors (Lipinski definition) is 4. The molecule has 0 saturated carbocycles. The highest BCUT2D eigenvalue weighted by molar-refractivity contribution is 8.03. The molecule has 0 spiro atoms. The van der Waals surface area contributed by atoms with Crippen LogP contribution >= 0.6 is 11.8 Å². The van der Waals surface area contributed by atoms with E-state index in [1.807, 2.05) is 79.9 Å². The lowest BCUT2D eigenvalue weighted by atomic mass is 10.0. The average Bonchev–Trinajstić information content (AvgIpc) is 2.72. The first kappa shape index (κ1) is 20.2. The van der Waals surface area contributed by atoms with E-state index in [1.54, 1.807) is 11.1 Å². The lowest BCUT2D eigenvalue weighted by Gasteiger charge is -2.34. The van der Waals surface area contributed by atoms with Crippen LogP contribution in [-0.2, 0) is 27.4 Å². The van der Waals surface area contributed by atoms with Crippen molar-refractivity contribution >= 4 is 23.6 Å². The van der Waals surface area contributed by atoms with Crippen LogP contribution in [0.25, 0.3) is 0 Å². The van der Waals surface area contributed by atoms with E-state index in [4.69, 9.17) is 4.74 Å². The van der Waals surface area contributed by atoms with E-state index in [2.05, 4.69) is 0 Å². The summed E-state index contributed by atoms with van der Waals surface area (Å²) in [5, 5.41) is 1.71. The van der Waals surface area contributed by atoms with Gasteiger partial charge in [0, 0.05) is 12.6 Å². The van der Waals surface area contributed by atoms with Crippen molar-refractivity contribution < 1.29 is 14.3 Å². The molecule has 2 aromatic carbocycles. The van der Waals surface area contributed by atoms with Crippen molar-refractivity contribution in [2.45, 2.75) is 38.2 Å². The number of nitrogens with zero attached hydrogens (tertiary/aromatic N) is 1. The molecule has 4 nitrogen and oxygen atoms in total. The Morgan fingerprint density at radius 1 is 1.04 bits per heavy atom. The Balaban J connectivity index is 1.80. The molecule has 0 fully saturated rings. The summed E-state index contributed by atoms with van der Waals surface area (Å²) in [6.07, 6.45) is 2.13. The van der Waals surface area contributed by atoms with Crippen LogP contribution in [0, 0.1) is 5.92 Å². The Bertz CT molecular complexity index is 820. The highest BCUT2D eigenvalue weighted by Crippen LogP contribution is 2.29. The lowest BCUT2D eigenvalue weighted by molar-refractivity contribution is -0.154. The second-order valence-electron chi connectivity index (χ2n) is 7.13. The standard InChI is InChI=1S/C23H25NO3S/c1-17(2)21-22(25)24(13-14-28-21)20(15-18-9-5-3-6-10-18)23(26)27-16-19-11-7-4-8-12-19/h3-14,17,20-21H,15-16H2,1-2H3. The fourth-order valence-electron chi connectivity index (χ4n) is 3.12. The van der Waals surface area contributed by atoms with Crippen molar-refractivity contribution in [1.29, 1.82) is 0 Å². The summed E-state index contributed by atoms with van der Waals surface area (Å²) < 4.78 is 5.59. The minimum absolute atomic E-state index is 0.0416. The van der Waals surface area contributed by atoms with Gasteiger partial charge in [-0.25, -0.2) is 4.79 Å². The maximum Gasteiger partial charge on any atom is 0.329 e. The number of esters is 1. The SMILES string of the molecule is CC(C)C1SC=CN(C(Cc2ccccc2)C(=O)OCc2ccccc2)C1=O. The molecule has 2 aromatic rings. The molecule has 0 saturated heterocycles. The van der Waals surface area contributed by atoms with Gasteiger partial charge in [-0.1, -0.05) is 74.5 Å². The number of carbonyl (C=O) groups is 2. The number of ether oxygens (including phenoxy) is 1. The first-order valence-corrected chi connectivity index (χ1v) is 10.4. The van der Waals surface area contributed by atoms with Crippen molar-refractivity contribution in [3.05, 3.63) is 83.4 Å². The number of hydrogen-bond donors (Lipinski definition) is 0. The molecule has 3 rings (SSSR count). The Hall–Kier alpha value is -2.53. The number of benzene rings is 2. The van der Waals surface area contributed by atoms with Crippen LogP contribution in [0.3, 0.4) is 0 Å². The van der Waals surface area contributed by atoms with Crippen LogP contribution in [-0.4, -0.2) is 28.1 Å². The highest BCUT2D eigenvalue weighted by Gasteiger charge is 2.37. The summed E-state index contributed by atoms with van der Waals surface area (Å²) in [4.78, 5) is 27.6. The molecule has 2 atom stereocenters. The molecule has 0 aliphatic carbocycles. The lowest BCUT2D eigenvalue weighted by Crippen LogP contribution is -2.49. The van der Waals surface area contributed by atoms with Crippen molar-refractivity contribution in [3.8, 4) is 0 Å². The zero-order valence-electron chi connectivity index (χ0n) is 16.2. The van der Waals surface area contributed by atoms with Crippen molar-refractivity contribution in [1.82, 2.24) is 4.90 Å². The summed E-state index contributed by atoms with van der Waals surface area (Å²) in [5.74, 6) is -0.247. The quantitative estimate of drug-likeness (QED) is 0.652. The van der Waals surface area contributed by atoms with E-state index in [0.29, 0.717) is 6.42 Å². The molecule has 5 heteroatoms. The zero-order chi connectivity index (χ0) is 19.9. The normalized spacial score (nSPS) is 17.6. The summed E-state index contributed by atoms with van der Waals surface area (Å²) >= 11 is 1.50. The molecule has 0 radical (unpaired) electrons. The molecule has 0 aromatic heterocycles. The van der Waals surface area contributed by atoms with Gasteiger partial charge in [0.1, 0.15) is 12.6 Å². The second-order valence-corrected chi connectivity index (χ2v) is 8.18. The van der Waals surface area contributed by atoms with Crippen LogP contribution in [0.1, 0.15) is 25.0 Å². The van der Waals surface area contributed by atoms with Crippen LogP contribution in [0.15, 0.2) is 72.3 Å². The molecule has 1 aliphatic rings. The van der Waals surface area contributed by atoms with E-state index >= 15 is 0 Å². The molecular weight excluding hydrogens is 370 g/mol. The summed E-state index contributed by atoms with van der Waals surface area (Å²) in [5.41, 5.74) is 1.91. The highest BCUT2D eigenvalue weighted by atomic mass is 32.2. The summed E-state index contributed by atoms with van der Waals surface area (Å²) in [7, 11) is 0. The molecule has 2 unspecified atom stereocenters. The van der Waals surface area contributed by atoms with Gasteiger partial charge < -0.3 is 9.64 Å². The van der Waals surface area contributed by atoms with Crippen LogP contribution in [0.4, 0.5) is 0 Å². The minimum atomic E-state index is -0.683. The van der Waals surface area contributed by atoms with E-state index in [-0.39, 0.29) is 29.7 Å². The van der Waals surface area contributed by atoms with Crippen molar-refractivity contribution in [3.63, 3.8) is 0 Å². The van der Waals surface area contributed by atoms with E-state index in [1.165, 1.54) is 11.8 Å². The predicted octanol–water partition coefficient (Wildman–Crippen LogP) is 4.41. The average molecular weight is 396 g/mol. The van der Waals surface area contributed by atoms with E-state index in [0.717, 1.165) is 11.1 Å². The van der Waals surface area contributed by atoms with E-state index < -0.39 is 6.04 Å². The second kappa shape index (κ2) is 9.60. The third-order valence-corrected chi connectivity index (χ3v) is 5.97. The number of thioether (sulfide) groups is 1. The maximum absolute atomic E-state index is 13.0. The third kappa shape index (κ3) is 5.04. The van der Waals surface area contributed by atoms with Gasteiger partial charge in [-0.15, -0.1) is 11.8 Å². The number of carbonyl (C=O) groups excluding carboxylic acids is 2. The van der Waals surface area contributed by atoms with Gasteiger partial charge in [0.25, 0.3) is 0 Å². The fourth-order valence-corrected chi connectivity index (χ4v) is 4.04. The maximum atomic E-state index is 13.0. The summed E-state index contributed by atoms with van der Waals surface area (Å²) in [6.45, 7) is 4.23. The van der Waals surface area contributed by atoms with Gasteiger partial charge in [-0.3, -0.25) is 4.79 Å². The van der Waals surface area contributed by atoms with Gasteiger partial charge in [0.2, 0.25) is 5.91 Å². The van der Waals surface area contributed by atoms with Gasteiger partial charge in [0.05, 0.1) is 5.25 Å². The summed E-state index contributed by atoms with van der Waals surface area (Å²) in [6, 6.07) is 18.6. The Morgan fingerprint density at radius 3 is 2.25 bits per heavy atom. The van der Waals surface area contributed by atoms with Gasteiger partial charge >= 0.3 is 5.97 Å². The van der Waals surface area contributed by atoms with Crippen LogP contribution in [0.5, 0.6) is 0 Å². The largest absolute Gasteiger partial charge is 0.459 e. The van der Waals surface area contributed by atoms with Gasteiger partial charge in [0.15, 0.2) is 0 Å². The Kier molecular flexibility index (Phi) is 6.93. The molecular formula is C23H25NO3S. The molecule has 1 amide bonds. The molecule has 146 valence electrons. The first-order valence-electron chi connectivity index (χ1n) is 9.45. The van der Waals surface area contributed by atoms with Gasteiger partial charge in [-0.2, -0.15) is 0 Å². The van der Waals surface area contributed by atoms with Crippen molar-refractivity contribution in [2.24, 2.45) is 5.92 Å². The van der Waals surface area contributed by atoms with E-state index in [9.17, 15) is 9.59 Å². The molecule has 1 heterocycles. The Labute approximate surface area is 170 Å². The topological polar surface area (TPSA) is 46.6 Å². The third-order valence-electron chi connectivity index (χ3n) is 4.65. The first-order chi connectivity index (χ1) is 13.6. The number of amides is 1. The van der Waals surface area contributed by atoms with Gasteiger partial charge in [-0.05, 0) is 22.5 Å². The van der Waals surface area contributed by atoms with Crippen LogP contribution in [0.2, 0.25) is 0 Å².